The van der Waals surface area contributed by atoms with Gasteiger partial charge in [0, 0.05) is 18.0 Å². The zero-order chi connectivity index (χ0) is 12.3. The van der Waals surface area contributed by atoms with Gasteiger partial charge in [0.1, 0.15) is 6.10 Å². The summed E-state index contributed by atoms with van der Waals surface area (Å²) in [5.41, 5.74) is 2.98. The number of benzene rings is 1. The molecule has 1 unspecified atom stereocenters. The highest BCUT2D eigenvalue weighted by Crippen LogP contribution is 2.22. The van der Waals surface area contributed by atoms with Crippen molar-refractivity contribution in [3.8, 4) is 6.07 Å². The number of nitriles is 1. The molecule has 0 saturated carbocycles. The van der Waals surface area contributed by atoms with Crippen LogP contribution in [-0.2, 0) is 0 Å². The van der Waals surface area contributed by atoms with Gasteiger partial charge in [0.15, 0.2) is 0 Å². The summed E-state index contributed by atoms with van der Waals surface area (Å²) < 4.78 is 0. The lowest BCUT2D eigenvalue weighted by atomic mass is 10.0. The van der Waals surface area contributed by atoms with Crippen molar-refractivity contribution in [2.24, 2.45) is 0 Å². The molecule has 1 atom stereocenters. The molecule has 0 spiro atoms. The van der Waals surface area contributed by atoms with Gasteiger partial charge < -0.3 is 5.11 Å². The summed E-state index contributed by atoms with van der Waals surface area (Å²) in [6.45, 7) is 1.93. The summed E-state index contributed by atoms with van der Waals surface area (Å²) in [4.78, 5) is 4.05. The number of pyridine rings is 1. The van der Waals surface area contributed by atoms with Crippen LogP contribution >= 0.6 is 0 Å². The van der Waals surface area contributed by atoms with Crippen molar-refractivity contribution < 1.29 is 5.11 Å². The molecule has 1 N–H and O–H groups in total. The Morgan fingerprint density at radius 1 is 1.24 bits per heavy atom. The predicted octanol–water partition coefficient (Wildman–Crippen LogP) is 2.34. The number of nitrogens with zero attached hydrogens (tertiary/aromatic N) is 2. The zero-order valence-corrected chi connectivity index (χ0v) is 9.46. The Hall–Kier alpha value is -2.18. The molecule has 0 saturated heterocycles. The molecule has 0 amide bonds. The fourth-order valence-electron chi connectivity index (χ4n) is 1.70. The van der Waals surface area contributed by atoms with Gasteiger partial charge in [-0.2, -0.15) is 5.26 Å². The summed E-state index contributed by atoms with van der Waals surface area (Å²) >= 11 is 0. The van der Waals surface area contributed by atoms with E-state index in [1.165, 1.54) is 0 Å². The van der Waals surface area contributed by atoms with Gasteiger partial charge in [-0.25, -0.2) is 0 Å². The molecule has 3 heteroatoms. The third-order valence-corrected chi connectivity index (χ3v) is 2.54. The minimum atomic E-state index is -0.740. The Bertz CT molecular complexity index is 572. The molecule has 3 nitrogen and oxygen atoms in total. The van der Waals surface area contributed by atoms with Gasteiger partial charge >= 0.3 is 0 Å². The SMILES string of the molecule is Cc1cncc(C(O)c2cccc(C#N)c2)c1. The molecule has 2 rings (SSSR count). The molecule has 1 heterocycles. The minimum Gasteiger partial charge on any atom is -0.384 e. The minimum absolute atomic E-state index is 0.544. The molecular formula is C14H12N2O. The second kappa shape index (κ2) is 4.77. The third-order valence-electron chi connectivity index (χ3n) is 2.54. The van der Waals surface area contributed by atoms with Crippen LogP contribution in [-0.4, -0.2) is 10.1 Å². The molecule has 17 heavy (non-hydrogen) atoms. The first-order valence-corrected chi connectivity index (χ1v) is 5.30. The first-order chi connectivity index (χ1) is 8.20. The van der Waals surface area contributed by atoms with Gasteiger partial charge in [-0.1, -0.05) is 18.2 Å². The zero-order valence-electron chi connectivity index (χ0n) is 9.46. The Morgan fingerprint density at radius 3 is 2.76 bits per heavy atom. The molecule has 1 aromatic carbocycles. The maximum Gasteiger partial charge on any atom is 0.106 e. The van der Waals surface area contributed by atoms with Crippen molar-refractivity contribution in [1.82, 2.24) is 4.98 Å². The van der Waals surface area contributed by atoms with E-state index < -0.39 is 6.10 Å². The van der Waals surface area contributed by atoms with Crippen LogP contribution in [0.4, 0.5) is 0 Å². The first-order valence-electron chi connectivity index (χ1n) is 5.30. The van der Waals surface area contributed by atoms with Crippen LogP contribution in [0.2, 0.25) is 0 Å². The van der Waals surface area contributed by atoms with Crippen molar-refractivity contribution in [2.75, 3.05) is 0 Å². The highest BCUT2D eigenvalue weighted by Gasteiger charge is 2.11. The monoisotopic (exact) mass is 224 g/mol. The Labute approximate surface area is 100.0 Å². The first kappa shape index (κ1) is 11.3. The van der Waals surface area contributed by atoms with E-state index in [2.05, 4.69) is 11.1 Å². The second-order valence-electron chi connectivity index (χ2n) is 3.94. The van der Waals surface area contributed by atoms with Crippen LogP contribution in [0.1, 0.15) is 28.4 Å². The average Bonchev–Trinajstić information content (AvgIpc) is 2.38. The van der Waals surface area contributed by atoms with Crippen LogP contribution in [0, 0.1) is 18.3 Å². The predicted molar refractivity (Wildman–Crippen MR) is 64.2 cm³/mol. The van der Waals surface area contributed by atoms with E-state index in [4.69, 9.17) is 5.26 Å². The highest BCUT2D eigenvalue weighted by atomic mass is 16.3. The number of aliphatic hydroxyl groups is 1. The molecule has 1 aromatic heterocycles. The smallest absolute Gasteiger partial charge is 0.106 e. The number of aliphatic hydroxyl groups excluding tert-OH is 1. The van der Waals surface area contributed by atoms with Gasteiger partial charge in [-0.3, -0.25) is 4.98 Å². The normalized spacial score (nSPS) is 11.8. The number of hydrogen-bond acceptors (Lipinski definition) is 3. The van der Waals surface area contributed by atoms with Gasteiger partial charge in [-0.05, 0) is 30.2 Å². The number of aryl methyl sites for hydroxylation is 1. The second-order valence-corrected chi connectivity index (χ2v) is 3.94. The molecule has 0 aliphatic carbocycles. The fraction of sp³-hybridized carbons (Fsp3) is 0.143. The average molecular weight is 224 g/mol. The van der Waals surface area contributed by atoms with E-state index in [9.17, 15) is 5.11 Å². The largest absolute Gasteiger partial charge is 0.384 e. The molecule has 0 bridgehead atoms. The lowest BCUT2D eigenvalue weighted by Crippen LogP contribution is -2.01. The van der Waals surface area contributed by atoms with Gasteiger partial charge in [0.2, 0.25) is 0 Å². The van der Waals surface area contributed by atoms with Crippen molar-refractivity contribution in [3.63, 3.8) is 0 Å². The number of aromatic nitrogens is 1. The van der Waals surface area contributed by atoms with Gasteiger partial charge in [-0.15, -0.1) is 0 Å². The molecule has 84 valence electrons. The summed E-state index contributed by atoms with van der Waals surface area (Å²) in [5.74, 6) is 0. The molecule has 0 aliphatic heterocycles. The maximum atomic E-state index is 10.2. The van der Waals surface area contributed by atoms with E-state index >= 15 is 0 Å². The highest BCUT2D eigenvalue weighted by molar-refractivity contribution is 5.37. The molecular weight excluding hydrogens is 212 g/mol. The Kier molecular flexibility index (Phi) is 3.17. The van der Waals surface area contributed by atoms with E-state index in [0.717, 1.165) is 11.1 Å². The summed E-state index contributed by atoms with van der Waals surface area (Å²) in [6.07, 6.45) is 2.63. The van der Waals surface area contributed by atoms with Gasteiger partial charge in [0.25, 0.3) is 0 Å². The van der Waals surface area contributed by atoms with Crippen LogP contribution in [0.5, 0.6) is 0 Å². The Balaban J connectivity index is 2.37. The molecule has 2 aromatic rings. The van der Waals surface area contributed by atoms with Gasteiger partial charge in [0.05, 0.1) is 11.6 Å². The Morgan fingerprint density at radius 2 is 2.06 bits per heavy atom. The van der Waals surface area contributed by atoms with Crippen molar-refractivity contribution in [2.45, 2.75) is 13.0 Å². The van der Waals surface area contributed by atoms with E-state index in [0.29, 0.717) is 11.1 Å². The van der Waals surface area contributed by atoms with Crippen molar-refractivity contribution in [3.05, 3.63) is 65.0 Å². The van der Waals surface area contributed by atoms with Crippen LogP contribution in [0.15, 0.2) is 42.7 Å². The lowest BCUT2D eigenvalue weighted by Gasteiger charge is -2.11. The van der Waals surface area contributed by atoms with E-state index in [1.807, 2.05) is 13.0 Å². The quantitative estimate of drug-likeness (QED) is 0.851. The standard InChI is InChI=1S/C14H12N2O/c1-10-5-13(9-16-8-10)14(17)12-4-2-3-11(6-12)7-15/h2-6,8-9,14,17H,1H3. The summed E-state index contributed by atoms with van der Waals surface area (Å²) in [6, 6.07) is 10.9. The van der Waals surface area contributed by atoms with Crippen LogP contribution in [0.3, 0.4) is 0 Å². The van der Waals surface area contributed by atoms with Crippen molar-refractivity contribution >= 4 is 0 Å². The lowest BCUT2D eigenvalue weighted by molar-refractivity contribution is 0.220. The van der Waals surface area contributed by atoms with E-state index in [1.54, 1.807) is 36.7 Å². The molecule has 0 fully saturated rings. The number of rotatable bonds is 2. The maximum absolute atomic E-state index is 10.2. The fourth-order valence-corrected chi connectivity index (χ4v) is 1.70. The summed E-state index contributed by atoms with van der Waals surface area (Å²) in [5, 5.41) is 19.0. The van der Waals surface area contributed by atoms with Crippen LogP contribution < -0.4 is 0 Å². The third kappa shape index (κ3) is 2.49. The van der Waals surface area contributed by atoms with Crippen LogP contribution in [0.25, 0.3) is 0 Å². The molecule has 0 radical (unpaired) electrons. The van der Waals surface area contributed by atoms with Crippen molar-refractivity contribution in [1.29, 1.82) is 5.26 Å². The number of hydrogen-bond donors (Lipinski definition) is 1. The topological polar surface area (TPSA) is 56.9 Å². The summed E-state index contributed by atoms with van der Waals surface area (Å²) in [7, 11) is 0. The molecule has 0 aliphatic rings. The van der Waals surface area contributed by atoms with E-state index in [-0.39, 0.29) is 0 Å².